The fourth-order valence-corrected chi connectivity index (χ4v) is 2.24. The van der Waals surface area contributed by atoms with Crippen LogP contribution in [0.3, 0.4) is 0 Å². The van der Waals surface area contributed by atoms with Gasteiger partial charge in [-0.1, -0.05) is 46.9 Å². The van der Waals surface area contributed by atoms with Gasteiger partial charge in [0.1, 0.15) is 0 Å². The van der Waals surface area contributed by atoms with Crippen molar-refractivity contribution in [1.82, 2.24) is 0 Å². The monoisotopic (exact) mass is 264 g/mol. The smallest absolute Gasteiger partial charge is 0.0337 e. The first-order chi connectivity index (χ1) is 4.72. The molecule has 0 aliphatic rings. The predicted octanol–water partition coefficient (Wildman–Crippen LogP) is 2.68. The number of rotatable bonds is 1. The lowest BCUT2D eigenvalue weighted by Crippen LogP contribution is -1.99. The van der Waals surface area contributed by atoms with Crippen molar-refractivity contribution in [1.29, 1.82) is 0 Å². The van der Waals surface area contributed by atoms with Crippen molar-refractivity contribution in [3.63, 3.8) is 0 Å². The molecule has 1 aromatic carbocycles. The highest BCUT2D eigenvalue weighted by molar-refractivity contribution is 14.1. The molecule has 0 saturated carbocycles. The standard InChI is InChI=1S/C8H10IP/c1-6(9)7-4-2-3-5-8(7)10/h2-6H,10H2,1H3. The lowest BCUT2D eigenvalue weighted by Gasteiger charge is -2.05. The molecule has 0 aromatic heterocycles. The van der Waals surface area contributed by atoms with E-state index in [1.807, 2.05) is 0 Å². The van der Waals surface area contributed by atoms with E-state index in [1.54, 1.807) is 0 Å². The normalized spacial score (nSPS) is 13.1. The summed E-state index contributed by atoms with van der Waals surface area (Å²) in [5.41, 5.74) is 1.41. The lowest BCUT2D eigenvalue weighted by molar-refractivity contribution is 1.16. The molecule has 0 fully saturated rings. The van der Waals surface area contributed by atoms with Crippen LogP contribution in [0, 0.1) is 0 Å². The second-order valence-electron chi connectivity index (χ2n) is 2.24. The van der Waals surface area contributed by atoms with Crippen LogP contribution < -0.4 is 5.30 Å². The van der Waals surface area contributed by atoms with E-state index in [0.29, 0.717) is 3.92 Å². The minimum absolute atomic E-state index is 0.603. The predicted molar refractivity (Wildman–Crippen MR) is 58.2 cm³/mol. The van der Waals surface area contributed by atoms with Crippen LogP contribution in [-0.2, 0) is 0 Å². The van der Waals surface area contributed by atoms with E-state index in [-0.39, 0.29) is 0 Å². The fraction of sp³-hybridized carbons (Fsp3) is 0.250. The third-order valence-corrected chi connectivity index (χ3v) is 2.62. The number of hydrogen-bond acceptors (Lipinski definition) is 0. The van der Waals surface area contributed by atoms with Gasteiger partial charge >= 0.3 is 0 Å². The Labute approximate surface area is 77.8 Å². The van der Waals surface area contributed by atoms with Gasteiger partial charge in [-0.2, -0.15) is 0 Å². The van der Waals surface area contributed by atoms with Gasteiger partial charge in [-0.25, -0.2) is 0 Å². The van der Waals surface area contributed by atoms with Crippen molar-refractivity contribution in [2.24, 2.45) is 0 Å². The first-order valence-corrected chi connectivity index (χ1v) is 5.02. The van der Waals surface area contributed by atoms with Gasteiger partial charge in [-0.15, -0.1) is 9.24 Å². The Kier molecular flexibility index (Phi) is 3.12. The van der Waals surface area contributed by atoms with Crippen molar-refractivity contribution >= 4 is 37.1 Å². The molecule has 0 radical (unpaired) electrons. The van der Waals surface area contributed by atoms with E-state index >= 15 is 0 Å². The van der Waals surface area contributed by atoms with E-state index in [4.69, 9.17) is 0 Å². The molecule has 54 valence electrons. The molecule has 0 spiro atoms. The first kappa shape index (κ1) is 8.48. The van der Waals surface area contributed by atoms with Crippen molar-refractivity contribution in [2.45, 2.75) is 10.8 Å². The molecule has 0 amide bonds. The fourth-order valence-electron chi connectivity index (χ4n) is 0.873. The Balaban J connectivity index is 3.03. The molecule has 1 aromatic rings. The number of alkyl halides is 1. The number of benzene rings is 1. The lowest BCUT2D eigenvalue weighted by atomic mass is 10.2. The van der Waals surface area contributed by atoms with Crippen molar-refractivity contribution in [3.05, 3.63) is 29.8 Å². The Morgan fingerprint density at radius 2 is 2.00 bits per heavy atom. The molecule has 0 N–H and O–H groups in total. The zero-order valence-corrected chi connectivity index (χ0v) is 9.15. The summed E-state index contributed by atoms with van der Waals surface area (Å²) in [6, 6.07) is 8.43. The molecule has 0 nitrogen and oxygen atoms in total. The summed E-state index contributed by atoms with van der Waals surface area (Å²) in [6.45, 7) is 2.20. The largest absolute Gasteiger partial charge is 0.105 e. The molecular formula is C8H10IP. The molecule has 2 unspecified atom stereocenters. The Morgan fingerprint density at radius 3 is 2.40 bits per heavy atom. The summed E-state index contributed by atoms with van der Waals surface area (Å²) >= 11 is 2.42. The van der Waals surface area contributed by atoms with Gasteiger partial charge in [0, 0.05) is 3.92 Å². The third kappa shape index (κ3) is 1.93. The van der Waals surface area contributed by atoms with Crippen LogP contribution in [0.1, 0.15) is 16.4 Å². The van der Waals surface area contributed by atoms with Gasteiger partial charge in [0.25, 0.3) is 0 Å². The minimum atomic E-state index is 0.603. The van der Waals surface area contributed by atoms with Gasteiger partial charge in [0.15, 0.2) is 0 Å². The SMILES string of the molecule is CC(I)c1ccccc1P. The van der Waals surface area contributed by atoms with Crippen molar-refractivity contribution in [2.75, 3.05) is 0 Å². The van der Waals surface area contributed by atoms with Gasteiger partial charge in [-0.3, -0.25) is 0 Å². The van der Waals surface area contributed by atoms with E-state index in [2.05, 4.69) is 63.0 Å². The van der Waals surface area contributed by atoms with Crippen LogP contribution in [0.25, 0.3) is 0 Å². The minimum Gasteiger partial charge on any atom is -0.105 e. The Bertz CT molecular complexity index is 220. The molecule has 10 heavy (non-hydrogen) atoms. The van der Waals surface area contributed by atoms with Gasteiger partial charge < -0.3 is 0 Å². The van der Waals surface area contributed by atoms with Crippen molar-refractivity contribution in [3.8, 4) is 0 Å². The zero-order valence-electron chi connectivity index (χ0n) is 5.84. The molecule has 1 rings (SSSR count). The first-order valence-electron chi connectivity index (χ1n) is 3.20. The maximum absolute atomic E-state index is 2.75. The Morgan fingerprint density at radius 1 is 1.40 bits per heavy atom. The summed E-state index contributed by atoms with van der Waals surface area (Å²) in [4.78, 5) is 0. The highest BCUT2D eigenvalue weighted by Gasteiger charge is 2.01. The van der Waals surface area contributed by atoms with Crippen LogP contribution in [-0.4, -0.2) is 0 Å². The average Bonchev–Trinajstić information content (AvgIpc) is 1.88. The van der Waals surface area contributed by atoms with Gasteiger partial charge in [0.05, 0.1) is 0 Å². The molecule has 0 aliphatic carbocycles. The second kappa shape index (κ2) is 3.68. The van der Waals surface area contributed by atoms with Crippen molar-refractivity contribution < 1.29 is 0 Å². The van der Waals surface area contributed by atoms with Crippen LogP contribution in [0.15, 0.2) is 24.3 Å². The Hall–Kier alpha value is 0.380. The van der Waals surface area contributed by atoms with Crippen LogP contribution >= 0.6 is 31.8 Å². The number of halogens is 1. The average molecular weight is 264 g/mol. The highest BCUT2D eigenvalue weighted by atomic mass is 127. The van der Waals surface area contributed by atoms with E-state index in [9.17, 15) is 0 Å². The van der Waals surface area contributed by atoms with Crippen LogP contribution in [0.2, 0.25) is 0 Å². The second-order valence-corrected chi connectivity index (χ2v) is 4.74. The summed E-state index contributed by atoms with van der Waals surface area (Å²) in [5.74, 6) is 0. The number of hydrogen-bond donors (Lipinski definition) is 0. The topological polar surface area (TPSA) is 0 Å². The summed E-state index contributed by atoms with van der Waals surface area (Å²) in [7, 11) is 2.75. The highest BCUT2D eigenvalue weighted by Crippen LogP contribution is 2.21. The van der Waals surface area contributed by atoms with E-state index in [0.717, 1.165) is 0 Å². The third-order valence-electron chi connectivity index (χ3n) is 1.42. The molecule has 0 aliphatic heterocycles. The zero-order chi connectivity index (χ0) is 7.56. The van der Waals surface area contributed by atoms with Gasteiger partial charge in [-0.05, 0) is 17.8 Å². The molecule has 2 atom stereocenters. The molecular weight excluding hydrogens is 254 g/mol. The summed E-state index contributed by atoms with van der Waals surface area (Å²) in [5, 5.41) is 1.31. The van der Waals surface area contributed by atoms with Crippen LogP contribution in [0.5, 0.6) is 0 Å². The van der Waals surface area contributed by atoms with Crippen LogP contribution in [0.4, 0.5) is 0 Å². The molecule has 0 heterocycles. The molecule has 0 saturated heterocycles. The summed E-state index contributed by atoms with van der Waals surface area (Å²) < 4.78 is 0.603. The quantitative estimate of drug-likeness (QED) is 0.415. The molecule has 2 heteroatoms. The molecule has 0 bridgehead atoms. The summed E-state index contributed by atoms with van der Waals surface area (Å²) in [6.07, 6.45) is 0. The maximum Gasteiger partial charge on any atom is 0.0337 e. The maximum atomic E-state index is 2.75. The van der Waals surface area contributed by atoms with E-state index in [1.165, 1.54) is 10.9 Å². The van der Waals surface area contributed by atoms with Gasteiger partial charge in [0.2, 0.25) is 0 Å². The van der Waals surface area contributed by atoms with E-state index < -0.39 is 0 Å².